The van der Waals surface area contributed by atoms with Crippen molar-refractivity contribution in [2.45, 2.75) is 25.8 Å². The molecule has 0 aliphatic carbocycles. The first-order valence-electron chi connectivity index (χ1n) is 12.1. The standard InChI is InChI=1S/C26H28ClN5O4S/c1-35-22-7-4-6-20(18-31-14-2-3-15-31)24(22)32-25(23-8-5-16-36-23)28-29-26(32)30-37(33,34)17-13-19-9-11-21(27)12-10-19/h4-12,16H,2-3,13-15,17-18H2,1H3,(H,29,30). The predicted molar refractivity (Wildman–Crippen MR) is 143 cm³/mol. The summed E-state index contributed by atoms with van der Waals surface area (Å²) in [5.41, 5.74) is 2.50. The molecule has 0 atom stereocenters. The number of rotatable bonds is 10. The molecule has 0 radical (unpaired) electrons. The van der Waals surface area contributed by atoms with E-state index >= 15 is 0 Å². The summed E-state index contributed by atoms with van der Waals surface area (Å²) in [5.74, 6) is 1.33. The lowest BCUT2D eigenvalue weighted by Gasteiger charge is -2.21. The van der Waals surface area contributed by atoms with Crippen LogP contribution in [0.2, 0.25) is 5.02 Å². The first-order chi connectivity index (χ1) is 17.9. The Morgan fingerprint density at radius 3 is 2.54 bits per heavy atom. The zero-order valence-corrected chi connectivity index (χ0v) is 22.0. The summed E-state index contributed by atoms with van der Waals surface area (Å²) in [7, 11) is -2.18. The molecule has 11 heteroatoms. The average molecular weight is 542 g/mol. The van der Waals surface area contributed by atoms with E-state index in [1.54, 1.807) is 35.9 Å². The van der Waals surface area contributed by atoms with Crippen molar-refractivity contribution in [1.82, 2.24) is 19.7 Å². The third-order valence-electron chi connectivity index (χ3n) is 6.34. The minimum absolute atomic E-state index is 0.0645. The number of hydrogen-bond donors (Lipinski definition) is 1. The number of furan rings is 1. The fourth-order valence-corrected chi connectivity index (χ4v) is 5.66. The van der Waals surface area contributed by atoms with E-state index in [0.717, 1.165) is 37.1 Å². The van der Waals surface area contributed by atoms with Gasteiger partial charge in [0.25, 0.3) is 0 Å². The molecule has 1 saturated heterocycles. The highest BCUT2D eigenvalue weighted by molar-refractivity contribution is 7.92. The number of nitrogens with zero attached hydrogens (tertiary/aromatic N) is 4. The maximum Gasteiger partial charge on any atom is 0.243 e. The molecular weight excluding hydrogens is 514 g/mol. The third kappa shape index (κ3) is 5.82. The first-order valence-corrected chi connectivity index (χ1v) is 14.1. The van der Waals surface area contributed by atoms with Crippen LogP contribution in [0.4, 0.5) is 5.95 Å². The van der Waals surface area contributed by atoms with Gasteiger partial charge in [0, 0.05) is 11.6 Å². The lowest BCUT2D eigenvalue weighted by atomic mass is 10.1. The summed E-state index contributed by atoms with van der Waals surface area (Å²) in [4.78, 5) is 2.37. The van der Waals surface area contributed by atoms with Crippen LogP contribution < -0.4 is 9.46 Å². The first kappa shape index (κ1) is 25.3. The fraction of sp³-hybridized carbons (Fsp3) is 0.308. The molecule has 1 N–H and O–H groups in total. The summed E-state index contributed by atoms with van der Waals surface area (Å²) < 4.78 is 42.0. The van der Waals surface area contributed by atoms with E-state index in [9.17, 15) is 8.42 Å². The number of methoxy groups -OCH3 is 1. The number of ether oxygens (including phenoxy) is 1. The lowest BCUT2D eigenvalue weighted by Crippen LogP contribution is -2.22. The Hall–Kier alpha value is -3.34. The summed E-state index contributed by atoms with van der Waals surface area (Å²) >= 11 is 5.95. The molecule has 3 heterocycles. The van der Waals surface area contributed by atoms with E-state index in [1.807, 2.05) is 30.3 Å². The van der Waals surface area contributed by atoms with Gasteiger partial charge in [-0.15, -0.1) is 10.2 Å². The number of hydrogen-bond acceptors (Lipinski definition) is 7. The van der Waals surface area contributed by atoms with Crippen LogP contribution in [0.25, 0.3) is 17.3 Å². The minimum Gasteiger partial charge on any atom is -0.495 e. The van der Waals surface area contributed by atoms with E-state index in [4.69, 9.17) is 20.8 Å². The van der Waals surface area contributed by atoms with Gasteiger partial charge in [0.1, 0.15) is 5.75 Å². The Balaban J connectivity index is 1.53. The van der Waals surface area contributed by atoms with Crippen LogP contribution in [0, 0.1) is 0 Å². The quantitative estimate of drug-likeness (QED) is 0.308. The Morgan fingerprint density at radius 2 is 1.84 bits per heavy atom. The molecule has 2 aromatic carbocycles. The van der Waals surface area contributed by atoms with Crippen molar-refractivity contribution < 1.29 is 17.6 Å². The predicted octanol–water partition coefficient (Wildman–Crippen LogP) is 4.77. The van der Waals surface area contributed by atoms with Crippen LogP contribution in [0.1, 0.15) is 24.0 Å². The van der Waals surface area contributed by atoms with Gasteiger partial charge in [-0.25, -0.2) is 8.42 Å². The topological polar surface area (TPSA) is 102 Å². The van der Waals surface area contributed by atoms with Gasteiger partial charge in [-0.3, -0.25) is 14.2 Å². The van der Waals surface area contributed by atoms with Gasteiger partial charge in [0.2, 0.25) is 21.8 Å². The van der Waals surface area contributed by atoms with Gasteiger partial charge in [-0.2, -0.15) is 0 Å². The van der Waals surface area contributed by atoms with Crippen molar-refractivity contribution in [3.63, 3.8) is 0 Å². The number of para-hydroxylation sites is 1. The van der Waals surface area contributed by atoms with E-state index in [0.29, 0.717) is 41.0 Å². The molecule has 1 aliphatic rings. The van der Waals surface area contributed by atoms with Crippen molar-refractivity contribution in [3.05, 3.63) is 77.0 Å². The number of nitrogens with one attached hydrogen (secondary N) is 1. The molecule has 1 aliphatic heterocycles. The molecule has 194 valence electrons. The number of likely N-dealkylation sites (tertiary alicyclic amines) is 1. The monoisotopic (exact) mass is 541 g/mol. The van der Waals surface area contributed by atoms with Gasteiger partial charge in [-0.1, -0.05) is 35.9 Å². The molecule has 4 aromatic rings. The minimum atomic E-state index is -3.77. The number of aromatic nitrogens is 3. The largest absolute Gasteiger partial charge is 0.495 e. The maximum atomic E-state index is 13.2. The van der Waals surface area contributed by atoms with Gasteiger partial charge in [0.15, 0.2) is 5.76 Å². The molecule has 5 rings (SSSR count). The van der Waals surface area contributed by atoms with Gasteiger partial charge in [-0.05, 0) is 73.8 Å². The molecule has 0 saturated carbocycles. The summed E-state index contributed by atoms with van der Waals surface area (Å²) in [5, 5.41) is 9.13. The second-order valence-electron chi connectivity index (χ2n) is 8.91. The molecule has 0 spiro atoms. The smallest absolute Gasteiger partial charge is 0.243 e. The van der Waals surface area contributed by atoms with E-state index < -0.39 is 10.0 Å². The molecule has 2 aromatic heterocycles. The van der Waals surface area contributed by atoms with Crippen molar-refractivity contribution in [3.8, 4) is 23.0 Å². The Kier molecular flexibility index (Phi) is 7.50. The van der Waals surface area contributed by atoms with Crippen LogP contribution in [0.3, 0.4) is 0 Å². The van der Waals surface area contributed by atoms with Crippen LogP contribution in [-0.2, 0) is 23.0 Å². The molecule has 1 fully saturated rings. The van der Waals surface area contributed by atoms with Crippen LogP contribution >= 0.6 is 11.6 Å². The number of halogens is 1. The number of aryl methyl sites for hydroxylation is 1. The van der Waals surface area contributed by atoms with Gasteiger partial charge >= 0.3 is 0 Å². The fourth-order valence-electron chi connectivity index (χ4n) is 4.52. The second kappa shape index (κ2) is 11.0. The molecule has 0 bridgehead atoms. The highest BCUT2D eigenvalue weighted by Crippen LogP contribution is 2.35. The Bertz CT molecular complexity index is 1450. The Morgan fingerprint density at radius 1 is 1.05 bits per heavy atom. The molecule has 0 unspecified atom stereocenters. The number of benzene rings is 2. The average Bonchev–Trinajstić information content (AvgIpc) is 3.66. The zero-order valence-electron chi connectivity index (χ0n) is 20.4. The van der Waals surface area contributed by atoms with E-state index in [-0.39, 0.29) is 11.7 Å². The normalized spacial score (nSPS) is 14.2. The SMILES string of the molecule is COc1cccc(CN2CCCC2)c1-n1c(NS(=O)(=O)CCc2ccc(Cl)cc2)nnc1-c1ccco1. The van der Waals surface area contributed by atoms with E-state index in [1.165, 1.54) is 6.26 Å². The number of sulfonamides is 1. The number of anilines is 1. The maximum absolute atomic E-state index is 13.2. The van der Waals surface area contributed by atoms with Crippen molar-refractivity contribution in [2.24, 2.45) is 0 Å². The van der Waals surface area contributed by atoms with Crippen molar-refractivity contribution in [2.75, 3.05) is 30.7 Å². The highest BCUT2D eigenvalue weighted by Gasteiger charge is 2.26. The molecule has 37 heavy (non-hydrogen) atoms. The molecule has 0 amide bonds. The van der Waals surface area contributed by atoms with Crippen molar-refractivity contribution >= 4 is 27.6 Å². The Labute approximate surface area is 221 Å². The third-order valence-corrected chi connectivity index (χ3v) is 7.83. The van der Waals surface area contributed by atoms with Gasteiger partial charge < -0.3 is 9.15 Å². The van der Waals surface area contributed by atoms with Gasteiger partial charge in [0.05, 0.1) is 24.8 Å². The van der Waals surface area contributed by atoms with Crippen LogP contribution in [-0.4, -0.2) is 54.0 Å². The molecular formula is C26H28ClN5O4S. The van der Waals surface area contributed by atoms with Crippen molar-refractivity contribution in [1.29, 1.82) is 0 Å². The zero-order chi connectivity index (χ0) is 25.8. The summed E-state index contributed by atoms with van der Waals surface area (Å²) in [6.45, 7) is 2.70. The highest BCUT2D eigenvalue weighted by atomic mass is 35.5. The second-order valence-corrected chi connectivity index (χ2v) is 11.2. The summed E-state index contributed by atoms with van der Waals surface area (Å²) in [6, 6.07) is 16.4. The van der Waals surface area contributed by atoms with Crippen LogP contribution in [0.5, 0.6) is 5.75 Å². The summed E-state index contributed by atoms with van der Waals surface area (Å²) in [6.07, 6.45) is 4.17. The molecule has 9 nitrogen and oxygen atoms in total. The lowest BCUT2D eigenvalue weighted by molar-refractivity contribution is 0.330. The van der Waals surface area contributed by atoms with Crippen LogP contribution in [0.15, 0.2) is 65.3 Å². The van der Waals surface area contributed by atoms with E-state index in [2.05, 4.69) is 19.8 Å².